The summed E-state index contributed by atoms with van der Waals surface area (Å²) in [7, 11) is 5.27. The van der Waals surface area contributed by atoms with E-state index in [1.165, 1.54) is 11.3 Å². The fourth-order valence-electron chi connectivity index (χ4n) is 2.79. The van der Waals surface area contributed by atoms with Gasteiger partial charge in [-0.25, -0.2) is 4.98 Å². The predicted molar refractivity (Wildman–Crippen MR) is 98.8 cm³/mol. The maximum atomic E-state index is 12.3. The van der Waals surface area contributed by atoms with Gasteiger partial charge in [0.1, 0.15) is 11.5 Å². The van der Waals surface area contributed by atoms with Crippen LogP contribution in [0.15, 0.2) is 34.4 Å². The fraction of sp³-hybridized carbons (Fsp3) is 0.333. The summed E-state index contributed by atoms with van der Waals surface area (Å²) in [6.45, 7) is 3.17. The number of fused-ring (bicyclic) bond motifs is 1. The zero-order valence-electron chi connectivity index (χ0n) is 14.8. The van der Waals surface area contributed by atoms with Crippen LogP contribution in [0.25, 0.3) is 4.96 Å². The lowest BCUT2D eigenvalue weighted by Gasteiger charge is -2.18. The Morgan fingerprint density at radius 3 is 2.72 bits per heavy atom. The van der Waals surface area contributed by atoms with Crippen LogP contribution >= 0.6 is 11.3 Å². The average molecular weight is 359 g/mol. The number of hydrogen-bond donors (Lipinski definition) is 0. The summed E-state index contributed by atoms with van der Waals surface area (Å²) in [5.74, 6) is 1.54. The highest BCUT2D eigenvalue weighted by atomic mass is 32.1. The monoisotopic (exact) mass is 359 g/mol. The van der Waals surface area contributed by atoms with Crippen molar-refractivity contribution in [3.05, 3.63) is 57.0 Å². The third-order valence-corrected chi connectivity index (χ3v) is 4.94. The molecule has 0 N–H and O–H groups in total. The van der Waals surface area contributed by atoms with Gasteiger partial charge < -0.3 is 9.47 Å². The van der Waals surface area contributed by atoms with Gasteiger partial charge in [0.05, 0.1) is 19.9 Å². The largest absolute Gasteiger partial charge is 0.497 e. The minimum Gasteiger partial charge on any atom is -0.497 e. The van der Waals surface area contributed by atoms with Crippen molar-refractivity contribution < 1.29 is 9.47 Å². The highest BCUT2D eigenvalue weighted by molar-refractivity contribution is 7.15. The Bertz CT molecular complexity index is 948. The Morgan fingerprint density at radius 1 is 1.20 bits per heavy atom. The van der Waals surface area contributed by atoms with Crippen molar-refractivity contribution >= 4 is 16.3 Å². The molecular formula is C18H21N3O3S. The number of methoxy groups -OCH3 is 2. The van der Waals surface area contributed by atoms with Crippen LogP contribution in [-0.2, 0) is 13.1 Å². The number of rotatable bonds is 6. The maximum absolute atomic E-state index is 12.3. The van der Waals surface area contributed by atoms with E-state index in [2.05, 4.69) is 9.88 Å². The van der Waals surface area contributed by atoms with E-state index in [0.717, 1.165) is 33.4 Å². The predicted octanol–water partition coefficient (Wildman–Crippen LogP) is 2.71. The van der Waals surface area contributed by atoms with Crippen LogP contribution < -0.4 is 15.0 Å². The van der Waals surface area contributed by atoms with E-state index in [1.807, 2.05) is 37.6 Å². The van der Waals surface area contributed by atoms with Gasteiger partial charge in [0.2, 0.25) is 0 Å². The quantitative estimate of drug-likeness (QED) is 0.677. The molecule has 0 unspecified atom stereocenters. The van der Waals surface area contributed by atoms with Gasteiger partial charge in [0, 0.05) is 41.9 Å². The molecule has 25 heavy (non-hydrogen) atoms. The molecule has 0 atom stereocenters. The lowest BCUT2D eigenvalue weighted by atomic mass is 10.1. The molecule has 0 radical (unpaired) electrons. The van der Waals surface area contributed by atoms with E-state index in [4.69, 9.17) is 9.47 Å². The molecule has 0 spiro atoms. The van der Waals surface area contributed by atoms with E-state index < -0.39 is 0 Å². The van der Waals surface area contributed by atoms with Crippen molar-refractivity contribution in [2.75, 3.05) is 21.3 Å². The lowest BCUT2D eigenvalue weighted by molar-refractivity contribution is 0.306. The highest BCUT2D eigenvalue weighted by Crippen LogP contribution is 2.25. The zero-order chi connectivity index (χ0) is 18.0. The summed E-state index contributed by atoms with van der Waals surface area (Å²) in [5, 5.41) is 1.94. The highest BCUT2D eigenvalue weighted by Gasteiger charge is 2.11. The minimum atomic E-state index is -0.0332. The number of aromatic nitrogens is 2. The topological polar surface area (TPSA) is 56.1 Å². The third-order valence-electron chi connectivity index (χ3n) is 4.00. The van der Waals surface area contributed by atoms with Gasteiger partial charge in [-0.1, -0.05) is 6.07 Å². The minimum absolute atomic E-state index is 0.0332. The fourth-order valence-corrected chi connectivity index (χ4v) is 3.68. The Labute approximate surface area is 150 Å². The van der Waals surface area contributed by atoms with Crippen molar-refractivity contribution in [1.29, 1.82) is 0 Å². The first-order valence-electron chi connectivity index (χ1n) is 7.88. The van der Waals surface area contributed by atoms with Gasteiger partial charge in [-0.3, -0.25) is 14.1 Å². The van der Waals surface area contributed by atoms with E-state index in [-0.39, 0.29) is 5.56 Å². The molecule has 0 bridgehead atoms. The van der Waals surface area contributed by atoms with Crippen LogP contribution in [0.4, 0.5) is 0 Å². The number of aryl methyl sites for hydroxylation is 1. The summed E-state index contributed by atoms with van der Waals surface area (Å²) in [6.07, 6.45) is 0. The van der Waals surface area contributed by atoms with Gasteiger partial charge in [-0.15, -0.1) is 11.3 Å². The molecular weight excluding hydrogens is 338 g/mol. The molecule has 2 aromatic heterocycles. The Morgan fingerprint density at radius 2 is 2.00 bits per heavy atom. The van der Waals surface area contributed by atoms with Crippen LogP contribution in [0.1, 0.15) is 17.0 Å². The van der Waals surface area contributed by atoms with E-state index in [9.17, 15) is 4.79 Å². The number of ether oxygens (including phenoxy) is 2. The van der Waals surface area contributed by atoms with Crippen LogP contribution in [-0.4, -0.2) is 35.6 Å². The molecule has 3 rings (SSSR count). The molecule has 7 heteroatoms. The Hall–Kier alpha value is -2.38. The van der Waals surface area contributed by atoms with Crippen molar-refractivity contribution in [3.8, 4) is 11.5 Å². The van der Waals surface area contributed by atoms with Crippen molar-refractivity contribution in [1.82, 2.24) is 14.3 Å². The standard InChI is InChI=1S/C18H21N3O3S/c1-12-11-25-18-19-14(7-17(22)21(12)18)10-20(2)9-13-5-6-15(23-3)8-16(13)24-4/h5-8,11H,9-10H2,1-4H3. The summed E-state index contributed by atoms with van der Waals surface area (Å²) < 4.78 is 12.3. The molecule has 2 heterocycles. The first kappa shape index (κ1) is 17.4. The van der Waals surface area contributed by atoms with E-state index >= 15 is 0 Å². The Balaban J connectivity index is 1.79. The summed E-state index contributed by atoms with van der Waals surface area (Å²) in [6, 6.07) is 7.38. The SMILES string of the molecule is COc1ccc(CN(C)Cc2cc(=O)n3c(C)csc3n2)c(OC)c1. The molecule has 0 fully saturated rings. The number of thiazole rings is 1. The van der Waals surface area contributed by atoms with Gasteiger partial charge in [0.15, 0.2) is 4.96 Å². The second kappa shape index (κ2) is 7.25. The molecule has 0 amide bonds. The van der Waals surface area contributed by atoms with Crippen molar-refractivity contribution in [2.24, 2.45) is 0 Å². The van der Waals surface area contributed by atoms with Gasteiger partial charge in [0.25, 0.3) is 5.56 Å². The molecule has 0 aliphatic heterocycles. The maximum Gasteiger partial charge on any atom is 0.259 e. The van der Waals surface area contributed by atoms with Crippen LogP contribution in [0.3, 0.4) is 0 Å². The number of hydrogen-bond acceptors (Lipinski definition) is 6. The summed E-state index contributed by atoms with van der Waals surface area (Å²) >= 11 is 1.48. The first-order valence-corrected chi connectivity index (χ1v) is 8.76. The Kier molecular flexibility index (Phi) is 5.06. The van der Waals surface area contributed by atoms with Crippen LogP contribution in [0, 0.1) is 6.92 Å². The molecule has 0 aliphatic rings. The normalized spacial score (nSPS) is 11.2. The molecule has 6 nitrogen and oxygen atoms in total. The van der Waals surface area contributed by atoms with Gasteiger partial charge in [-0.2, -0.15) is 0 Å². The summed E-state index contributed by atoms with van der Waals surface area (Å²) in [5.41, 5.74) is 2.70. The first-order chi connectivity index (χ1) is 12.0. The van der Waals surface area contributed by atoms with Crippen LogP contribution in [0.2, 0.25) is 0 Å². The molecule has 0 aliphatic carbocycles. The zero-order valence-corrected chi connectivity index (χ0v) is 15.6. The van der Waals surface area contributed by atoms with Gasteiger partial charge in [-0.05, 0) is 20.0 Å². The lowest BCUT2D eigenvalue weighted by Crippen LogP contribution is -2.21. The average Bonchev–Trinajstić information content (AvgIpc) is 2.96. The second-order valence-corrected chi connectivity index (χ2v) is 6.77. The smallest absolute Gasteiger partial charge is 0.259 e. The van der Waals surface area contributed by atoms with Crippen LogP contribution in [0.5, 0.6) is 11.5 Å². The summed E-state index contributed by atoms with van der Waals surface area (Å²) in [4.78, 5) is 19.7. The van der Waals surface area contributed by atoms with Crippen molar-refractivity contribution in [2.45, 2.75) is 20.0 Å². The molecule has 0 saturated carbocycles. The third kappa shape index (κ3) is 3.67. The molecule has 3 aromatic rings. The molecule has 0 saturated heterocycles. The van der Waals surface area contributed by atoms with E-state index in [1.54, 1.807) is 24.7 Å². The molecule has 1 aromatic carbocycles. The second-order valence-electron chi connectivity index (χ2n) is 5.93. The number of nitrogens with zero attached hydrogens (tertiary/aromatic N) is 3. The number of benzene rings is 1. The molecule has 132 valence electrons. The van der Waals surface area contributed by atoms with Crippen molar-refractivity contribution in [3.63, 3.8) is 0 Å². The van der Waals surface area contributed by atoms with E-state index in [0.29, 0.717) is 13.1 Å². The van der Waals surface area contributed by atoms with Gasteiger partial charge >= 0.3 is 0 Å².